The second kappa shape index (κ2) is 6.87. The van der Waals surface area contributed by atoms with Crippen LogP contribution in [0.4, 0.5) is 0 Å². The van der Waals surface area contributed by atoms with Gasteiger partial charge in [-0.25, -0.2) is 0 Å². The van der Waals surface area contributed by atoms with E-state index in [2.05, 4.69) is 0 Å². The van der Waals surface area contributed by atoms with Crippen molar-refractivity contribution in [3.8, 4) is 0 Å². The first kappa shape index (κ1) is 14.3. The van der Waals surface area contributed by atoms with Crippen LogP contribution in [-0.2, 0) is 17.8 Å². The molecule has 0 aliphatic rings. The van der Waals surface area contributed by atoms with E-state index in [0.29, 0.717) is 13.0 Å². The van der Waals surface area contributed by atoms with Crippen LogP contribution in [0.15, 0.2) is 60.7 Å². The van der Waals surface area contributed by atoms with E-state index in [-0.39, 0.29) is 5.91 Å². The van der Waals surface area contributed by atoms with Crippen LogP contribution in [0.25, 0.3) is 0 Å². The normalized spacial score (nSPS) is 11.9. The van der Waals surface area contributed by atoms with Gasteiger partial charge < -0.3 is 10.6 Å². The Hall–Kier alpha value is -2.13. The van der Waals surface area contributed by atoms with E-state index in [0.717, 1.165) is 11.1 Å². The molecule has 0 spiro atoms. The molecule has 20 heavy (non-hydrogen) atoms. The Bertz CT molecular complexity index is 490. The van der Waals surface area contributed by atoms with Gasteiger partial charge in [0.15, 0.2) is 0 Å². The summed E-state index contributed by atoms with van der Waals surface area (Å²) in [6.45, 7) is 0.585. The summed E-state index contributed by atoms with van der Waals surface area (Å²) in [6, 6.07) is 19.3. The number of likely N-dealkylation sites (N-methyl/N-ethyl adjacent to an activating group) is 1. The van der Waals surface area contributed by atoms with Gasteiger partial charge in [0.2, 0.25) is 5.91 Å². The summed E-state index contributed by atoms with van der Waals surface area (Å²) in [5.41, 5.74) is 8.20. The summed E-state index contributed by atoms with van der Waals surface area (Å²) in [5.74, 6) is -0.0299. The van der Waals surface area contributed by atoms with Crippen molar-refractivity contribution in [2.75, 3.05) is 7.05 Å². The second-order valence-electron chi connectivity index (χ2n) is 4.98. The van der Waals surface area contributed by atoms with E-state index in [9.17, 15) is 4.79 Å². The van der Waals surface area contributed by atoms with Gasteiger partial charge in [-0.2, -0.15) is 0 Å². The van der Waals surface area contributed by atoms with E-state index in [1.807, 2.05) is 60.7 Å². The number of carbonyl (C=O) groups is 1. The monoisotopic (exact) mass is 268 g/mol. The molecule has 0 aromatic heterocycles. The number of carbonyl (C=O) groups excluding carboxylic acids is 1. The highest BCUT2D eigenvalue weighted by Gasteiger charge is 2.18. The minimum atomic E-state index is -0.494. The molecule has 3 heteroatoms. The molecule has 0 saturated carbocycles. The molecule has 0 aliphatic heterocycles. The van der Waals surface area contributed by atoms with Crippen LogP contribution >= 0.6 is 0 Å². The summed E-state index contributed by atoms with van der Waals surface area (Å²) in [7, 11) is 1.79. The maximum absolute atomic E-state index is 12.3. The maximum Gasteiger partial charge on any atom is 0.239 e. The van der Waals surface area contributed by atoms with E-state index in [1.54, 1.807) is 11.9 Å². The molecule has 0 unspecified atom stereocenters. The SMILES string of the molecule is CN(Cc1ccccc1)C(=O)[C@@H](N)Cc1ccccc1. The molecular formula is C17H20N2O. The summed E-state index contributed by atoms with van der Waals surface area (Å²) >= 11 is 0. The summed E-state index contributed by atoms with van der Waals surface area (Å²) in [5, 5.41) is 0. The van der Waals surface area contributed by atoms with Crippen molar-refractivity contribution in [1.29, 1.82) is 0 Å². The third-order valence-corrected chi connectivity index (χ3v) is 3.25. The highest BCUT2D eigenvalue weighted by molar-refractivity contribution is 5.81. The van der Waals surface area contributed by atoms with Gasteiger partial charge in [-0.1, -0.05) is 60.7 Å². The van der Waals surface area contributed by atoms with Crippen molar-refractivity contribution < 1.29 is 4.79 Å². The first-order valence-electron chi connectivity index (χ1n) is 6.75. The van der Waals surface area contributed by atoms with Crippen LogP contribution in [0.2, 0.25) is 0 Å². The lowest BCUT2D eigenvalue weighted by atomic mass is 10.1. The highest BCUT2D eigenvalue weighted by Crippen LogP contribution is 2.07. The number of rotatable bonds is 5. The Kier molecular flexibility index (Phi) is 4.91. The molecule has 0 radical (unpaired) electrons. The van der Waals surface area contributed by atoms with Gasteiger partial charge >= 0.3 is 0 Å². The average Bonchev–Trinajstić information content (AvgIpc) is 2.48. The first-order chi connectivity index (χ1) is 9.66. The highest BCUT2D eigenvalue weighted by atomic mass is 16.2. The van der Waals surface area contributed by atoms with E-state index < -0.39 is 6.04 Å². The van der Waals surface area contributed by atoms with Crippen molar-refractivity contribution in [3.63, 3.8) is 0 Å². The second-order valence-corrected chi connectivity index (χ2v) is 4.98. The molecule has 2 rings (SSSR count). The molecule has 0 bridgehead atoms. The topological polar surface area (TPSA) is 46.3 Å². The molecule has 2 aromatic rings. The molecule has 0 fully saturated rings. The van der Waals surface area contributed by atoms with Crippen molar-refractivity contribution in [2.45, 2.75) is 19.0 Å². The van der Waals surface area contributed by atoms with Gasteiger partial charge in [0.05, 0.1) is 6.04 Å². The molecule has 1 atom stereocenters. The third-order valence-electron chi connectivity index (χ3n) is 3.25. The van der Waals surface area contributed by atoms with Crippen LogP contribution in [-0.4, -0.2) is 23.9 Å². The minimum absolute atomic E-state index is 0.0299. The van der Waals surface area contributed by atoms with Gasteiger partial charge in [0.25, 0.3) is 0 Å². The smallest absolute Gasteiger partial charge is 0.239 e. The number of amides is 1. The molecule has 1 amide bonds. The Balaban J connectivity index is 1.93. The van der Waals surface area contributed by atoms with Gasteiger partial charge in [0.1, 0.15) is 0 Å². The van der Waals surface area contributed by atoms with Crippen molar-refractivity contribution in [3.05, 3.63) is 71.8 Å². The molecule has 2 aromatic carbocycles. The van der Waals surface area contributed by atoms with Crippen LogP contribution in [0.1, 0.15) is 11.1 Å². The molecule has 2 N–H and O–H groups in total. The maximum atomic E-state index is 12.3. The molecule has 0 heterocycles. The zero-order valence-electron chi connectivity index (χ0n) is 11.7. The summed E-state index contributed by atoms with van der Waals surface area (Å²) < 4.78 is 0. The molecular weight excluding hydrogens is 248 g/mol. The molecule has 0 aliphatic carbocycles. The van der Waals surface area contributed by atoms with Gasteiger partial charge in [-0.3, -0.25) is 4.79 Å². The van der Waals surface area contributed by atoms with Gasteiger partial charge in [-0.05, 0) is 17.5 Å². The predicted octanol–water partition coefficient (Wildman–Crippen LogP) is 2.21. The fraction of sp³-hybridized carbons (Fsp3) is 0.235. The number of benzene rings is 2. The summed E-state index contributed by atoms with van der Waals surface area (Å²) in [4.78, 5) is 13.9. The largest absolute Gasteiger partial charge is 0.340 e. The minimum Gasteiger partial charge on any atom is -0.340 e. The van der Waals surface area contributed by atoms with Gasteiger partial charge in [0, 0.05) is 13.6 Å². The summed E-state index contributed by atoms with van der Waals surface area (Å²) in [6.07, 6.45) is 0.568. The lowest BCUT2D eigenvalue weighted by molar-refractivity contribution is -0.131. The lowest BCUT2D eigenvalue weighted by Gasteiger charge is -2.21. The average molecular weight is 268 g/mol. The van der Waals surface area contributed by atoms with Crippen molar-refractivity contribution in [1.82, 2.24) is 4.90 Å². The molecule has 0 saturated heterocycles. The molecule has 104 valence electrons. The standard InChI is InChI=1S/C17H20N2O/c1-19(13-15-10-6-3-7-11-15)17(20)16(18)12-14-8-4-2-5-9-14/h2-11,16H,12-13,18H2,1H3/t16-/m0/s1. The molecule has 3 nitrogen and oxygen atoms in total. The number of hydrogen-bond acceptors (Lipinski definition) is 2. The number of nitrogens with two attached hydrogens (primary N) is 1. The Morgan fingerprint density at radius 1 is 1.00 bits per heavy atom. The fourth-order valence-electron chi connectivity index (χ4n) is 2.17. The third kappa shape index (κ3) is 3.93. The van der Waals surface area contributed by atoms with Crippen LogP contribution < -0.4 is 5.73 Å². The first-order valence-corrected chi connectivity index (χ1v) is 6.75. The zero-order valence-corrected chi connectivity index (χ0v) is 11.7. The van der Waals surface area contributed by atoms with Crippen LogP contribution in [0.5, 0.6) is 0 Å². The van der Waals surface area contributed by atoms with Gasteiger partial charge in [-0.15, -0.1) is 0 Å². The predicted molar refractivity (Wildman–Crippen MR) is 81.0 cm³/mol. The Morgan fingerprint density at radius 3 is 2.05 bits per heavy atom. The Labute approximate surface area is 120 Å². The van der Waals surface area contributed by atoms with E-state index in [4.69, 9.17) is 5.73 Å². The van der Waals surface area contributed by atoms with Crippen LogP contribution in [0.3, 0.4) is 0 Å². The fourth-order valence-corrected chi connectivity index (χ4v) is 2.17. The number of nitrogens with zero attached hydrogens (tertiary/aromatic N) is 1. The van der Waals surface area contributed by atoms with Crippen molar-refractivity contribution in [2.24, 2.45) is 5.73 Å². The van der Waals surface area contributed by atoms with Crippen LogP contribution in [0, 0.1) is 0 Å². The number of hydrogen-bond donors (Lipinski definition) is 1. The van der Waals surface area contributed by atoms with Crippen molar-refractivity contribution >= 4 is 5.91 Å². The Morgan fingerprint density at radius 2 is 1.50 bits per heavy atom. The lowest BCUT2D eigenvalue weighted by Crippen LogP contribution is -2.42. The van der Waals surface area contributed by atoms with E-state index in [1.165, 1.54) is 0 Å². The quantitative estimate of drug-likeness (QED) is 0.903. The zero-order chi connectivity index (χ0) is 14.4. The van der Waals surface area contributed by atoms with E-state index >= 15 is 0 Å².